The molecule has 0 aromatic heterocycles. The van der Waals surface area contributed by atoms with Crippen LogP contribution in [0.2, 0.25) is 0 Å². The number of benzene rings is 1. The minimum absolute atomic E-state index is 0.103. The fourth-order valence-electron chi connectivity index (χ4n) is 1.96. The lowest BCUT2D eigenvalue weighted by Gasteiger charge is -2.23. The zero-order chi connectivity index (χ0) is 16.0. The Labute approximate surface area is 120 Å². The number of aliphatic hydroxyl groups is 1. The molecular formula is C13H18F3N3O2. The first-order valence-corrected chi connectivity index (χ1v) is 6.43. The SMILES string of the molecule is CCN(CCCO)C(=O)c1cccc(C(F)(F)F)c1NN. The molecule has 118 valence electrons. The molecule has 0 atom stereocenters. The predicted octanol–water partition coefficient (Wildman–Crippen LogP) is 1.84. The summed E-state index contributed by atoms with van der Waals surface area (Å²) >= 11 is 0. The van der Waals surface area contributed by atoms with E-state index < -0.39 is 23.3 Å². The van der Waals surface area contributed by atoms with Crippen molar-refractivity contribution in [2.45, 2.75) is 19.5 Å². The van der Waals surface area contributed by atoms with Gasteiger partial charge in [-0.3, -0.25) is 10.6 Å². The first kappa shape index (κ1) is 17.3. The van der Waals surface area contributed by atoms with Crippen LogP contribution in [0.3, 0.4) is 0 Å². The maximum absolute atomic E-state index is 12.9. The summed E-state index contributed by atoms with van der Waals surface area (Å²) in [4.78, 5) is 13.7. The van der Waals surface area contributed by atoms with E-state index >= 15 is 0 Å². The summed E-state index contributed by atoms with van der Waals surface area (Å²) in [6, 6.07) is 3.31. The van der Waals surface area contributed by atoms with E-state index in [4.69, 9.17) is 10.9 Å². The topological polar surface area (TPSA) is 78.6 Å². The Morgan fingerprint density at radius 1 is 1.43 bits per heavy atom. The third-order valence-corrected chi connectivity index (χ3v) is 3.00. The van der Waals surface area contributed by atoms with Gasteiger partial charge in [0, 0.05) is 19.7 Å². The van der Waals surface area contributed by atoms with Crippen LogP contribution in [-0.4, -0.2) is 35.6 Å². The van der Waals surface area contributed by atoms with Crippen LogP contribution in [0.15, 0.2) is 18.2 Å². The number of hydrazine groups is 1. The van der Waals surface area contributed by atoms with Gasteiger partial charge in [0.2, 0.25) is 0 Å². The number of hydrogen-bond acceptors (Lipinski definition) is 4. The van der Waals surface area contributed by atoms with Crippen molar-refractivity contribution in [3.8, 4) is 0 Å². The molecule has 0 aliphatic rings. The third-order valence-electron chi connectivity index (χ3n) is 3.00. The minimum atomic E-state index is -4.61. The van der Waals surface area contributed by atoms with Crippen molar-refractivity contribution in [3.05, 3.63) is 29.3 Å². The van der Waals surface area contributed by atoms with Crippen LogP contribution in [-0.2, 0) is 6.18 Å². The molecule has 8 heteroatoms. The van der Waals surface area contributed by atoms with Crippen molar-refractivity contribution in [2.24, 2.45) is 5.84 Å². The second-order valence-electron chi connectivity index (χ2n) is 4.33. The molecule has 1 aromatic rings. The molecule has 21 heavy (non-hydrogen) atoms. The van der Waals surface area contributed by atoms with Gasteiger partial charge < -0.3 is 15.4 Å². The highest BCUT2D eigenvalue weighted by Crippen LogP contribution is 2.36. The van der Waals surface area contributed by atoms with Gasteiger partial charge in [0.1, 0.15) is 0 Å². The molecule has 0 spiro atoms. The molecule has 4 N–H and O–H groups in total. The molecule has 1 amide bonds. The van der Waals surface area contributed by atoms with Gasteiger partial charge in [0.05, 0.1) is 16.8 Å². The molecule has 0 saturated carbocycles. The summed E-state index contributed by atoms with van der Waals surface area (Å²) in [5, 5.41) is 8.80. The second-order valence-corrected chi connectivity index (χ2v) is 4.33. The van der Waals surface area contributed by atoms with Crippen molar-refractivity contribution in [1.82, 2.24) is 4.90 Å². The lowest BCUT2D eigenvalue weighted by Crippen LogP contribution is -2.33. The maximum atomic E-state index is 12.9. The number of aliphatic hydroxyl groups excluding tert-OH is 1. The molecule has 0 heterocycles. The largest absolute Gasteiger partial charge is 0.418 e. The van der Waals surface area contributed by atoms with E-state index in [-0.39, 0.29) is 18.7 Å². The molecule has 5 nitrogen and oxygen atoms in total. The Hall–Kier alpha value is -1.80. The van der Waals surface area contributed by atoms with E-state index in [0.29, 0.717) is 13.0 Å². The summed E-state index contributed by atoms with van der Waals surface area (Å²) in [7, 11) is 0. The number of nitrogens with one attached hydrogen (secondary N) is 1. The van der Waals surface area contributed by atoms with Crippen LogP contribution < -0.4 is 11.3 Å². The quantitative estimate of drug-likeness (QED) is 0.553. The highest BCUT2D eigenvalue weighted by Gasteiger charge is 2.35. The van der Waals surface area contributed by atoms with Crippen molar-refractivity contribution in [3.63, 3.8) is 0 Å². The van der Waals surface area contributed by atoms with E-state index in [2.05, 4.69) is 0 Å². The van der Waals surface area contributed by atoms with Crippen molar-refractivity contribution in [2.75, 3.05) is 25.1 Å². The molecule has 0 fully saturated rings. The smallest absolute Gasteiger partial charge is 0.396 e. The molecule has 0 aliphatic heterocycles. The molecule has 0 saturated heterocycles. The standard InChI is InChI=1S/C13H18F3N3O2/c1-2-19(7-4-8-20)12(21)9-5-3-6-10(11(9)18-17)13(14,15)16/h3,5-6,18,20H,2,4,7-8,17H2,1H3. The number of hydrogen-bond donors (Lipinski definition) is 3. The Morgan fingerprint density at radius 2 is 2.10 bits per heavy atom. The summed E-state index contributed by atoms with van der Waals surface area (Å²) < 4.78 is 38.7. The first-order valence-electron chi connectivity index (χ1n) is 6.43. The van der Waals surface area contributed by atoms with E-state index in [1.54, 1.807) is 6.92 Å². The molecular weight excluding hydrogens is 287 g/mol. The van der Waals surface area contributed by atoms with Gasteiger partial charge in [-0.25, -0.2) is 0 Å². The molecule has 1 aromatic carbocycles. The predicted molar refractivity (Wildman–Crippen MR) is 72.5 cm³/mol. The van der Waals surface area contributed by atoms with Crippen LogP contribution in [0, 0.1) is 0 Å². The van der Waals surface area contributed by atoms with Crippen molar-refractivity contribution in [1.29, 1.82) is 0 Å². The molecule has 0 aliphatic carbocycles. The van der Waals surface area contributed by atoms with Crippen LogP contribution in [0.25, 0.3) is 0 Å². The molecule has 0 radical (unpaired) electrons. The van der Waals surface area contributed by atoms with E-state index in [0.717, 1.165) is 12.1 Å². The van der Waals surface area contributed by atoms with Gasteiger partial charge in [0.25, 0.3) is 5.91 Å². The van der Waals surface area contributed by atoms with E-state index in [9.17, 15) is 18.0 Å². The number of carbonyl (C=O) groups is 1. The first-order chi connectivity index (χ1) is 9.86. The number of nitrogen functional groups attached to an aromatic ring is 1. The lowest BCUT2D eigenvalue weighted by atomic mass is 10.1. The van der Waals surface area contributed by atoms with E-state index in [1.807, 2.05) is 5.43 Å². The number of amides is 1. The molecule has 0 bridgehead atoms. The van der Waals surface area contributed by atoms with Gasteiger partial charge in [-0.2, -0.15) is 13.2 Å². The summed E-state index contributed by atoms with van der Waals surface area (Å²) in [5.41, 5.74) is 0.385. The number of anilines is 1. The highest BCUT2D eigenvalue weighted by atomic mass is 19.4. The van der Waals surface area contributed by atoms with Crippen LogP contribution in [0.1, 0.15) is 29.3 Å². The van der Waals surface area contributed by atoms with Crippen LogP contribution in [0.4, 0.5) is 18.9 Å². The third kappa shape index (κ3) is 4.08. The Bertz CT molecular complexity index is 492. The number of para-hydroxylation sites is 1. The molecule has 1 rings (SSSR count). The fraction of sp³-hybridized carbons (Fsp3) is 0.462. The summed E-state index contributed by atoms with van der Waals surface area (Å²) in [6.45, 7) is 2.18. The van der Waals surface area contributed by atoms with Crippen LogP contribution in [0.5, 0.6) is 0 Å². The Kier molecular flexibility index (Phi) is 5.98. The second kappa shape index (κ2) is 7.28. The monoisotopic (exact) mass is 305 g/mol. The zero-order valence-electron chi connectivity index (χ0n) is 11.6. The van der Waals surface area contributed by atoms with Gasteiger partial charge in [-0.05, 0) is 25.5 Å². The normalized spacial score (nSPS) is 11.3. The molecule has 0 unspecified atom stereocenters. The maximum Gasteiger partial charge on any atom is 0.418 e. The van der Waals surface area contributed by atoms with Gasteiger partial charge >= 0.3 is 6.18 Å². The fourth-order valence-corrected chi connectivity index (χ4v) is 1.96. The Balaban J connectivity index is 3.20. The number of rotatable bonds is 6. The minimum Gasteiger partial charge on any atom is -0.396 e. The van der Waals surface area contributed by atoms with Gasteiger partial charge in [-0.15, -0.1) is 0 Å². The summed E-state index contributed by atoms with van der Waals surface area (Å²) in [6.07, 6.45) is -4.26. The lowest BCUT2D eigenvalue weighted by molar-refractivity contribution is -0.137. The number of carbonyl (C=O) groups excluding carboxylic acids is 1. The number of nitrogens with two attached hydrogens (primary N) is 1. The Morgan fingerprint density at radius 3 is 2.57 bits per heavy atom. The average Bonchev–Trinajstić information content (AvgIpc) is 2.45. The van der Waals surface area contributed by atoms with E-state index in [1.165, 1.54) is 11.0 Å². The number of nitrogens with zero attached hydrogens (tertiary/aromatic N) is 1. The zero-order valence-corrected chi connectivity index (χ0v) is 11.6. The number of alkyl halides is 3. The van der Waals surface area contributed by atoms with Crippen molar-refractivity contribution < 1.29 is 23.1 Å². The summed E-state index contributed by atoms with van der Waals surface area (Å²) in [5.74, 6) is 4.60. The number of halogens is 3. The average molecular weight is 305 g/mol. The van der Waals surface area contributed by atoms with Gasteiger partial charge in [-0.1, -0.05) is 6.07 Å². The van der Waals surface area contributed by atoms with Crippen LogP contribution >= 0.6 is 0 Å². The highest BCUT2D eigenvalue weighted by molar-refractivity contribution is 6.00. The van der Waals surface area contributed by atoms with Crippen molar-refractivity contribution >= 4 is 11.6 Å². The van der Waals surface area contributed by atoms with Gasteiger partial charge in [0.15, 0.2) is 0 Å².